The number of anilines is 1. The maximum atomic E-state index is 13.2. The van der Waals surface area contributed by atoms with E-state index < -0.39 is 0 Å². The minimum Gasteiger partial charge on any atom is -0.274 e. The molecular formula is C22H22ClNO2. The van der Waals surface area contributed by atoms with Gasteiger partial charge in [0.25, 0.3) is 0 Å². The second kappa shape index (κ2) is 5.82. The molecule has 4 atom stereocenters. The summed E-state index contributed by atoms with van der Waals surface area (Å²) in [5.41, 5.74) is 4.48. The van der Waals surface area contributed by atoms with Gasteiger partial charge in [-0.05, 0) is 50.3 Å². The van der Waals surface area contributed by atoms with Crippen molar-refractivity contribution in [3.8, 4) is 0 Å². The maximum absolute atomic E-state index is 13.2. The topological polar surface area (TPSA) is 37.4 Å². The molecule has 2 saturated carbocycles. The average Bonchev–Trinajstić information content (AvgIpc) is 3.28. The Balaban J connectivity index is 1.53. The van der Waals surface area contributed by atoms with Crippen molar-refractivity contribution in [2.24, 2.45) is 23.7 Å². The highest BCUT2D eigenvalue weighted by molar-refractivity contribution is 6.32. The van der Waals surface area contributed by atoms with Crippen LogP contribution in [-0.2, 0) is 9.59 Å². The molecule has 1 aliphatic heterocycles. The molecule has 4 heteroatoms. The summed E-state index contributed by atoms with van der Waals surface area (Å²) in [4.78, 5) is 27.8. The summed E-state index contributed by atoms with van der Waals surface area (Å²) >= 11 is 6.23. The second-order valence-electron chi connectivity index (χ2n) is 8.05. The molecule has 0 radical (unpaired) electrons. The van der Waals surface area contributed by atoms with E-state index in [0.717, 1.165) is 18.4 Å². The number of hydrogen-bond donors (Lipinski definition) is 0. The SMILES string of the molecule is Cc1ccc(N2C(=O)[C@H]3[C@H](C2=O)[C@H]2C=C[C@H]3C2=C2CCCCC2)cc1Cl. The maximum Gasteiger partial charge on any atom is 0.238 e. The Morgan fingerprint density at radius 2 is 1.58 bits per heavy atom. The van der Waals surface area contributed by atoms with Crippen LogP contribution in [0.15, 0.2) is 41.5 Å². The minimum atomic E-state index is -0.220. The quantitative estimate of drug-likeness (QED) is 0.526. The zero-order chi connectivity index (χ0) is 18.0. The summed E-state index contributed by atoms with van der Waals surface area (Å²) in [6.45, 7) is 1.92. The number of fused-ring (bicyclic) bond motifs is 5. The first-order chi connectivity index (χ1) is 12.6. The molecule has 0 aromatic heterocycles. The lowest BCUT2D eigenvalue weighted by Gasteiger charge is -2.23. The number of carbonyl (C=O) groups excluding carboxylic acids is 2. The number of nitrogens with zero attached hydrogens (tertiary/aromatic N) is 1. The number of hydrogen-bond acceptors (Lipinski definition) is 2. The van der Waals surface area contributed by atoms with Crippen LogP contribution in [0.1, 0.15) is 37.7 Å². The van der Waals surface area contributed by atoms with Crippen molar-refractivity contribution in [3.05, 3.63) is 52.1 Å². The molecule has 2 amide bonds. The summed E-state index contributed by atoms with van der Waals surface area (Å²) in [6, 6.07) is 5.44. The number of rotatable bonds is 1. The normalized spacial score (nSPS) is 32.8. The van der Waals surface area contributed by atoms with Crippen LogP contribution in [0.2, 0.25) is 5.02 Å². The Bertz CT molecular complexity index is 842. The number of aryl methyl sites for hydroxylation is 1. The van der Waals surface area contributed by atoms with Gasteiger partial charge in [0.1, 0.15) is 0 Å². The third kappa shape index (κ3) is 2.13. The molecule has 5 rings (SSSR count). The molecule has 3 fully saturated rings. The van der Waals surface area contributed by atoms with Gasteiger partial charge in [-0.2, -0.15) is 0 Å². The molecule has 0 unspecified atom stereocenters. The molecule has 1 aromatic rings. The van der Waals surface area contributed by atoms with Crippen molar-refractivity contribution in [2.45, 2.75) is 39.0 Å². The molecular weight excluding hydrogens is 346 g/mol. The molecule has 0 N–H and O–H groups in total. The van der Waals surface area contributed by atoms with Gasteiger partial charge in [0.2, 0.25) is 11.8 Å². The number of imide groups is 1. The monoisotopic (exact) mass is 367 g/mol. The number of halogens is 1. The molecule has 2 bridgehead atoms. The number of benzene rings is 1. The summed E-state index contributed by atoms with van der Waals surface area (Å²) in [6.07, 6.45) is 10.4. The Labute approximate surface area is 158 Å². The van der Waals surface area contributed by atoms with Crippen molar-refractivity contribution < 1.29 is 9.59 Å². The summed E-state index contributed by atoms with van der Waals surface area (Å²) in [5, 5.41) is 0.589. The standard InChI is InChI=1S/C22H22ClNO2/c1-12-7-8-14(11-17(12)23)24-21(25)19-15-9-10-16(20(19)22(24)26)18(15)13-5-3-2-4-6-13/h7-11,15-16,19-20H,2-6H2,1H3/t15-,16-,19+,20+/m0/s1. The first kappa shape index (κ1) is 16.3. The largest absolute Gasteiger partial charge is 0.274 e. The molecule has 1 heterocycles. The van der Waals surface area contributed by atoms with Gasteiger partial charge in [0, 0.05) is 16.9 Å². The van der Waals surface area contributed by atoms with Gasteiger partial charge in [-0.15, -0.1) is 0 Å². The van der Waals surface area contributed by atoms with Crippen LogP contribution in [0.3, 0.4) is 0 Å². The highest BCUT2D eigenvalue weighted by atomic mass is 35.5. The van der Waals surface area contributed by atoms with Crippen molar-refractivity contribution >= 4 is 29.1 Å². The first-order valence-corrected chi connectivity index (χ1v) is 10.00. The van der Waals surface area contributed by atoms with Gasteiger partial charge >= 0.3 is 0 Å². The van der Waals surface area contributed by atoms with Gasteiger partial charge in [-0.25, -0.2) is 4.90 Å². The summed E-state index contributed by atoms with van der Waals surface area (Å²) in [5.74, 6) is -0.290. The van der Waals surface area contributed by atoms with Crippen LogP contribution in [0.4, 0.5) is 5.69 Å². The number of carbonyl (C=O) groups is 2. The average molecular weight is 368 g/mol. The Morgan fingerprint density at radius 3 is 2.15 bits per heavy atom. The van der Waals surface area contributed by atoms with Crippen molar-refractivity contribution in [1.82, 2.24) is 0 Å². The molecule has 3 nitrogen and oxygen atoms in total. The molecule has 134 valence electrons. The lowest BCUT2D eigenvalue weighted by atomic mass is 9.85. The van der Waals surface area contributed by atoms with E-state index in [1.165, 1.54) is 35.3 Å². The molecule has 3 aliphatic carbocycles. The van der Waals surface area contributed by atoms with E-state index in [1.807, 2.05) is 19.1 Å². The number of amides is 2. The van der Waals surface area contributed by atoms with Crippen LogP contribution in [-0.4, -0.2) is 11.8 Å². The molecule has 1 aromatic carbocycles. The zero-order valence-electron chi connectivity index (χ0n) is 14.9. The fourth-order valence-electron chi connectivity index (χ4n) is 5.48. The Hall–Kier alpha value is -1.87. The lowest BCUT2D eigenvalue weighted by Crippen LogP contribution is -2.33. The fourth-order valence-corrected chi connectivity index (χ4v) is 5.65. The lowest BCUT2D eigenvalue weighted by molar-refractivity contribution is -0.122. The predicted molar refractivity (Wildman–Crippen MR) is 102 cm³/mol. The van der Waals surface area contributed by atoms with Gasteiger partial charge in [0.15, 0.2) is 0 Å². The van der Waals surface area contributed by atoms with Crippen LogP contribution >= 0.6 is 11.6 Å². The van der Waals surface area contributed by atoms with Crippen molar-refractivity contribution in [3.63, 3.8) is 0 Å². The molecule has 1 saturated heterocycles. The van der Waals surface area contributed by atoms with Crippen LogP contribution in [0.5, 0.6) is 0 Å². The molecule has 0 spiro atoms. The van der Waals surface area contributed by atoms with Gasteiger partial charge in [0.05, 0.1) is 17.5 Å². The second-order valence-corrected chi connectivity index (χ2v) is 8.46. The highest BCUT2D eigenvalue weighted by Gasteiger charge is 2.62. The Kier molecular flexibility index (Phi) is 3.65. The third-order valence-corrected chi connectivity index (χ3v) is 7.10. The van der Waals surface area contributed by atoms with E-state index in [2.05, 4.69) is 12.2 Å². The fraction of sp³-hybridized carbons (Fsp3) is 0.455. The van der Waals surface area contributed by atoms with Gasteiger partial charge in [-0.1, -0.05) is 47.4 Å². The highest BCUT2D eigenvalue weighted by Crippen LogP contribution is 2.58. The van der Waals surface area contributed by atoms with E-state index in [4.69, 9.17) is 11.6 Å². The van der Waals surface area contributed by atoms with E-state index in [1.54, 1.807) is 6.07 Å². The Morgan fingerprint density at radius 1 is 0.962 bits per heavy atom. The minimum absolute atomic E-state index is 0.0503. The summed E-state index contributed by atoms with van der Waals surface area (Å²) < 4.78 is 0. The smallest absolute Gasteiger partial charge is 0.238 e. The zero-order valence-corrected chi connectivity index (χ0v) is 15.6. The van der Waals surface area contributed by atoms with Crippen molar-refractivity contribution in [2.75, 3.05) is 4.90 Å². The van der Waals surface area contributed by atoms with Crippen molar-refractivity contribution in [1.29, 1.82) is 0 Å². The van der Waals surface area contributed by atoms with Gasteiger partial charge in [-0.3, -0.25) is 9.59 Å². The van der Waals surface area contributed by atoms with E-state index >= 15 is 0 Å². The first-order valence-electron chi connectivity index (χ1n) is 9.62. The molecule has 4 aliphatic rings. The van der Waals surface area contributed by atoms with Gasteiger partial charge < -0.3 is 0 Å². The third-order valence-electron chi connectivity index (χ3n) is 6.69. The van der Waals surface area contributed by atoms with Crippen LogP contribution < -0.4 is 4.90 Å². The van der Waals surface area contributed by atoms with Crippen LogP contribution in [0.25, 0.3) is 0 Å². The number of allylic oxidation sites excluding steroid dienone is 4. The van der Waals surface area contributed by atoms with E-state index in [9.17, 15) is 9.59 Å². The predicted octanol–water partition coefficient (Wildman–Crippen LogP) is 4.83. The summed E-state index contributed by atoms with van der Waals surface area (Å²) in [7, 11) is 0. The van der Waals surface area contributed by atoms with E-state index in [0.29, 0.717) is 10.7 Å². The van der Waals surface area contributed by atoms with Crippen LogP contribution in [0, 0.1) is 30.6 Å². The van der Waals surface area contributed by atoms with E-state index in [-0.39, 0.29) is 35.5 Å². The molecule has 26 heavy (non-hydrogen) atoms.